The van der Waals surface area contributed by atoms with Crippen LogP contribution >= 0.6 is 0 Å². The maximum absolute atomic E-state index is 12.9. The Morgan fingerprint density at radius 1 is 1.25 bits per heavy atom. The van der Waals surface area contributed by atoms with E-state index >= 15 is 0 Å². The van der Waals surface area contributed by atoms with Crippen LogP contribution in [0.4, 0.5) is 0 Å². The Morgan fingerprint density at radius 2 is 2.04 bits per heavy atom. The van der Waals surface area contributed by atoms with Crippen molar-refractivity contribution in [3.8, 4) is 0 Å². The van der Waals surface area contributed by atoms with Crippen LogP contribution in [0.2, 0.25) is 0 Å². The van der Waals surface area contributed by atoms with Gasteiger partial charge in [-0.15, -0.1) is 0 Å². The topological polar surface area (TPSA) is 67.4 Å². The summed E-state index contributed by atoms with van der Waals surface area (Å²) in [5, 5.41) is 4.11. The summed E-state index contributed by atoms with van der Waals surface area (Å²) in [5.41, 5.74) is 1.80. The second kappa shape index (κ2) is 5.73. The van der Waals surface area contributed by atoms with Gasteiger partial charge >= 0.3 is 0 Å². The van der Waals surface area contributed by atoms with E-state index in [9.17, 15) is 4.79 Å². The molecule has 2 aromatic heterocycles. The second-order valence-electron chi connectivity index (χ2n) is 6.93. The lowest BCUT2D eigenvalue weighted by atomic mass is 10.1. The van der Waals surface area contributed by atoms with E-state index in [-0.39, 0.29) is 11.9 Å². The van der Waals surface area contributed by atoms with Crippen molar-refractivity contribution in [1.82, 2.24) is 24.5 Å². The summed E-state index contributed by atoms with van der Waals surface area (Å²) < 4.78 is 7.43. The third-order valence-electron chi connectivity index (χ3n) is 5.21. The molecule has 7 heteroatoms. The zero-order valence-corrected chi connectivity index (χ0v) is 14.4. The number of likely N-dealkylation sites (N-methyl/N-ethyl adjacent to an activating group) is 1. The zero-order chi connectivity index (χ0) is 16.8. The Labute approximate surface area is 141 Å². The fourth-order valence-electron chi connectivity index (χ4n) is 3.20. The molecule has 3 heterocycles. The summed E-state index contributed by atoms with van der Waals surface area (Å²) in [6, 6.07) is 3.83. The molecule has 0 bridgehead atoms. The summed E-state index contributed by atoms with van der Waals surface area (Å²) in [4.78, 5) is 21.5. The van der Waals surface area contributed by atoms with Gasteiger partial charge in [-0.1, -0.05) is 5.16 Å². The maximum atomic E-state index is 12.9. The number of nitrogens with zero attached hydrogens (tertiary/aromatic N) is 5. The molecule has 0 N–H and O–H groups in total. The number of amides is 1. The molecule has 2 aromatic rings. The van der Waals surface area contributed by atoms with Crippen LogP contribution in [0.15, 0.2) is 16.7 Å². The van der Waals surface area contributed by atoms with Crippen LogP contribution in [0.1, 0.15) is 52.7 Å². The van der Waals surface area contributed by atoms with Crippen LogP contribution in [0, 0.1) is 6.92 Å². The number of piperazine rings is 1. The highest BCUT2D eigenvalue weighted by Crippen LogP contribution is 2.38. The zero-order valence-electron chi connectivity index (χ0n) is 14.4. The molecule has 1 aliphatic carbocycles. The van der Waals surface area contributed by atoms with Crippen molar-refractivity contribution < 1.29 is 9.32 Å². The lowest BCUT2D eigenvalue weighted by molar-refractivity contribution is 0.0480. The molecule has 0 spiro atoms. The minimum Gasteiger partial charge on any atom is -0.344 e. The fourth-order valence-corrected chi connectivity index (χ4v) is 3.20. The van der Waals surface area contributed by atoms with E-state index in [1.807, 2.05) is 42.6 Å². The highest BCUT2D eigenvalue weighted by Gasteiger charge is 2.35. The van der Waals surface area contributed by atoms with Gasteiger partial charge in [0.2, 0.25) is 5.89 Å². The van der Waals surface area contributed by atoms with Gasteiger partial charge in [0.05, 0.1) is 0 Å². The SMILES string of the molecule is Cc1ccc(C(=O)N2CCN(C)C(c3nc(C4CC4)no3)C2)n1C. The van der Waals surface area contributed by atoms with Gasteiger partial charge in [0.1, 0.15) is 11.7 Å². The number of carbonyl (C=O) groups excluding carboxylic acids is 1. The molecule has 1 saturated carbocycles. The summed E-state index contributed by atoms with van der Waals surface area (Å²) in [5.74, 6) is 1.98. The van der Waals surface area contributed by atoms with Crippen molar-refractivity contribution in [2.24, 2.45) is 7.05 Å². The minimum absolute atomic E-state index is 0.0379. The van der Waals surface area contributed by atoms with Crippen LogP contribution in [0.5, 0.6) is 0 Å². The van der Waals surface area contributed by atoms with E-state index in [4.69, 9.17) is 4.52 Å². The average molecular weight is 329 g/mol. The van der Waals surface area contributed by atoms with Gasteiger partial charge in [0.25, 0.3) is 5.91 Å². The van der Waals surface area contributed by atoms with Gasteiger partial charge in [-0.25, -0.2) is 0 Å². The number of hydrogen-bond donors (Lipinski definition) is 0. The summed E-state index contributed by atoms with van der Waals surface area (Å²) in [7, 11) is 3.97. The molecule has 7 nitrogen and oxygen atoms in total. The number of carbonyl (C=O) groups is 1. The van der Waals surface area contributed by atoms with Crippen molar-refractivity contribution in [3.05, 3.63) is 35.2 Å². The standard InChI is InChI=1S/C17H23N5O2/c1-11-4-7-13(21(11)3)17(23)22-9-8-20(2)14(10-22)16-18-15(19-24-16)12-5-6-12/h4,7,12,14H,5-6,8-10H2,1-3H3. The molecular formula is C17H23N5O2. The predicted molar refractivity (Wildman–Crippen MR) is 87.7 cm³/mol. The lowest BCUT2D eigenvalue weighted by Crippen LogP contribution is -2.49. The Balaban J connectivity index is 1.53. The lowest BCUT2D eigenvalue weighted by Gasteiger charge is -2.37. The van der Waals surface area contributed by atoms with E-state index in [2.05, 4.69) is 15.0 Å². The quantitative estimate of drug-likeness (QED) is 0.858. The highest BCUT2D eigenvalue weighted by atomic mass is 16.5. The molecule has 1 aliphatic heterocycles. The summed E-state index contributed by atoms with van der Waals surface area (Å²) in [6.45, 7) is 4.08. The van der Waals surface area contributed by atoms with Gasteiger partial charge in [0.15, 0.2) is 5.82 Å². The van der Waals surface area contributed by atoms with Crippen LogP contribution in [0.3, 0.4) is 0 Å². The third kappa shape index (κ3) is 2.62. The van der Waals surface area contributed by atoms with Crippen molar-refractivity contribution in [1.29, 1.82) is 0 Å². The molecule has 1 saturated heterocycles. The van der Waals surface area contributed by atoms with Crippen molar-refractivity contribution in [2.45, 2.75) is 31.7 Å². The van der Waals surface area contributed by atoms with Crippen LogP contribution in [-0.4, -0.2) is 57.1 Å². The average Bonchev–Trinajstić information content (AvgIpc) is 3.22. The molecule has 1 unspecified atom stereocenters. The molecule has 2 fully saturated rings. The van der Waals surface area contributed by atoms with Crippen LogP contribution in [0.25, 0.3) is 0 Å². The molecule has 2 aliphatic rings. The first kappa shape index (κ1) is 15.4. The minimum atomic E-state index is -0.0379. The molecule has 4 rings (SSSR count). The van der Waals surface area contributed by atoms with E-state index in [1.165, 1.54) is 0 Å². The van der Waals surface area contributed by atoms with Crippen molar-refractivity contribution in [3.63, 3.8) is 0 Å². The normalized spacial score (nSPS) is 22.1. The molecule has 1 amide bonds. The van der Waals surface area contributed by atoms with E-state index in [0.717, 1.165) is 36.6 Å². The summed E-state index contributed by atoms with van der Waals surface area (Å²) >= 11 is 0. The van der Waals surface area contributed by atoms with Gasteiger partial charge < -0.3 is 14.0 Å². The smallest absolute Gasteiger partial charge is 0.270 e. The molecule has 24 heavy (non-hydrogen) atoms. The Hall–Kier alpha value is -2.15. The first-order chi connectivity index (χ1) is 11.5. The number of rotatable bonds is 3. The Morgan fingerprint density at radius 3 is 2.71 bits per heavy atom. The largest absolute Gasteiger partial charge is 0.344 e. The van der Waals surface area contributed by atoms with Gasteiger partial charge in [-0.05, 0) is 38.9 Å². The first-order valence-electron chi connectivity index (χ1n) is 8.50. The summed E-state index contributed by atoms with van der Waals surface area (Å²) in [6.07, 6.45) is 2.30. The highest BCUT2D eigenvalue weighted by molar-refractivity contribution is 5.93. The molecule has 0 aromatic carbocycles. The predicted octanol–water partition coefficient (Wildman–Crippen LogP) is 1.72. The number of hydrogen-bond acceptors (Lipinski definition) is 5. The molecule has 1 atom stereocenters. The number of aryl methyl sites for hydroxylation is 1. The molecular weight excluding hydrogens is 306 g/mol. The fraction of sp³-hybridized carbons (Fsp3) is 0.588. The van der Waals surface area contributed by atoms with Gasteiger partial charge in [-0.3, -0.25) is 9.69 Å². The van der Waals surface area contributed by atoms with E-state index in [0.29, 0.717) is 24.9 Å². The van der Waals surface area contributed by atoms with Gasteiger partial charge in [-0.2, -0.15) is 4.98 Å². The Bertz CT molecular complexity index is 761. The van der Waals surface area contributed by atoms with Crippen LogP contribution < -0.4 is 0 Å². The van der Waals surface area contributed by atoms with Crippen molar-refractivity contribution in [2.75, 3.05) is 26.7 Å². The van der Waals surface area contributed by atoms with Crippen LogP contribution in [-0.2, 0) is 7.05 Å². The molecule has 0 radical (unpaired) electrons. The second-order valence-corrected chi connectivity index (χ2v) is 6.93. The Kier molecular flexibility index (Phi) is 3.68. The monoisotopic (exact) mass is 329 g/mol. The maximum Gasteiger partial charge on any atom is 0.270 e. The van der Waals surface area contributed by atoms with Crippen molar-refractivity contribution >= 4 is 5.91 Å². The number of aromatic nitrogens is 3. The first-order valence-corrected chi connectivity index (χ1v) is 8.50. The third-order valence-corrected chi connectivity index (χ3v) is 5.21. The molecule has 128 valence electrons. The van der Waals surface area contributed by atoms with E-state index < -0.39 is 0 Å². The van der Waals surface area contributed by atoms with Gasteiger partial charge in [0, 0.05) is 38.3 Å². The van der Waals surface area contributed by atoms with E-state index in [1.54, 1.807) is 0 Å².